The predicted molar refractivity (Wildman–Crippen MR) is 123 cm³/mol. The number of rotatable bonds is 7. The number of nitrogens with one attached hydrogen (secondary N) is 1. The maximum absolute atomic E-state index is 13.4. The van der Waals surface area contributed by atoms with Crippen LogP contribution in [0.3, 0.4) is 0 Å². The third kappa shape index (κ3) is 3.96. The fourth-order valence-corrected chi connectivity index (χ4v) is 4.49. The Hall–Kier alpha value is -2.56. The van der Waals surface area contributed by atoms with Gasteiger partial charge >= 0.3 is 0 Å². The second-order valence-electron chi connectivity index (χ2n) is 8.34. The van der Waals surface area contributed by atoms with Crippen LogP contribution in [-0.2, 0) is 14.1 Å². The van der Waals surface area contributed by atoms with Crippen molar-refractivity contribution in [2.75, 3.05) is 5.32 Å². The van der Waals surface area contributed by atoms with Crippen LogP contribution in [0.1, 0.15) is 56.2 Å². The van der Waals surface area contributed by atoms with E-state index in [9.17, 15) is 4.79 Å². The van der Waals surface area contributed by atoms with Crippen molar-refractivity contribution in [1.82, 2.24) is 14.1 Å². The van der Waals surface area contributed by atoms with Crippen LogP contribution >= 0.6 is 0 Å². The molecule has 5 nitrogen and oxygen atoms in total. The molecule has 0 aliphatic heterocycles. The van der Waals surface area contributed by atoms with Gasteiger partial charge in [-0.25, -0.2) is 0 Å². The van der Waals surface area contributed by atoms with E-state index < -0.39 is 0 Å². The van der Waals surface area contributed by atoms with Gasteiger partial charge in [0.15, 0.2) is 0 Å². The zero-order valence-electron chi connectivity index (χ0n) is 18.9. The van der Waals surface area contributed by atoms with Crippen molar-refractivity contribution in [2.24, 2.45) is 14.1 Å². The van der Waals surface area contributed by atoms with Crippen molar-refractivity contribution < 1.29 is 0 Å². The summed E-state index contributed by atoms with van der Waals surface area (Å²) in [5.41, 5.74) is 6.44. The molecule has 2 heterocycles. The molecule has 0 radical (unpaired) electrons. The van der Waals surface area contributed by atoms with Gasteiger partial charge in [-0.3, -0.25) is 9.36 Å². The third-order valence-electron chi connectivity index (χ3n) is 5.75. The summed E-state index contributed by atoms with van der Waals surface area (Å²) in [6, 6.07) is 4.69. The number of anilines is 1. The monoisotopic (exact) mass is 394 g/mol. The van der Waals surface area contributed by atoms with Crippen LogP contribution in [0.5, 0.6) is 0 Å². The van der Waals surface area contributed by atoms with E-state index in [1.807, 2.05) is 24.9 Å². The van der Waals surface area contributed by atoms with Gasteiger partial charge in [-0.2, -0.15) is 4.98 Å². The van der Waals surface area contributed by atoms with Crippen LogP contribution in [0.15, 0.2) is 23.1 Å². The fourth-order valence-electron chi connectivity index (χ4n) is 4.49. The first-order valence-corrected chi connectivity index (χ1v) is 10.7. The Balaban J connectivity index is 2.19. The number of hydrogen-bond donors (Lipinski definition) is 1. The fraction of sp³-hybridized carbons (Fsp3) is 0.500. The smallest absolute Gasteiger partial charge is 0.264 e. The van der Waals surface area contributed by atoms with Gasteiger partial charge < -0.3 is 9.88 Å². The molecule has 1 N–H and O–H groups in total. The summed E-state index contributed by atoms with van der Waals surface area (Å²) in [5.74, 6) is 0.652. The number of aryl methyl sites for hydroxylation is 4. The molecule has 5 heteroatoms. The lowest BCUT2D eigenvalue weighted by molar-refractivity contribution is 0.577. The molecule has 0 aliphatic rings. The first-order valence-electron chi connectivity index (χ1n) is 10.7. The first kappa shape index (κ1) is 21.2. The number of aromatic nitrogens is 3. The third-order valence-corrected chi connectivity index (χ3v) is 5.75. The molecule has 0 aliphatic carbocycles. The Bertz CT molecular complexity index is 1060. The number of hydrogen-bond acceptors (Lipinski definition) is 3. The second-order valence-corrected chi connectivity index (χ2v) is 8.34. The SMILES string of the molecule is CCCC(CCC)Nc1nc2c(c(-c3c(C)cc(C)cc3C)cn2C)c(=O)n1C. The Morgan fingerprint density at radius 2 is 1.62 bits per heavy atom. The van der Waals surface area contributed by atoms with Gasteiger partial charge in [-0.05, 0) is 50.3 Å². The zero-order chi connectivity index (χ0) is 21.3. The van der Waals surface area contributed by atoms with Crippen LogP contribution in [0, 0.1) is 20.8 Å². The van der Waals surface area contributed by atoms with Crippen molar-refractivity contribution in [3.63, 3.8) is 0 Å². The van der Waals surface area contributed by atoms with Crippen molar-refractivity contribution >= 4 is 17.0 Å². The summed E-state index contributed by atoms with van der Waals surface area (Å²) in [4.78, 5) is 18.3. The largest absolute Gasteiger partial charge is 0.353 e. The minimum Gasteiger partial charge on any atom is -0.353 e. The van der Waals surface area contributed by atoms with Crippen LogP contribution in [0.4, 0.5) is 5.95 Å². The molecule has 0 atom stereocenters. The molecule has 0 unspecified atom stereocenters. The van der Waals surface area contributed by atoms with Gasteiger partial charge in [0.1, 0.15) is 5.65 Å². The highest BCUT2D eigenvalue weighted by molar-refractivity contribution is 5.95. The van der Waals surface area contributed by atoms with Gasteiger partial charge in [0.25, 0.3) is 5.56 Å². The van der Waals surface area contributed by atoms with Gasteiger partial charge in [-0.15, -0.1) is 0 Å². The molecular formula is C24H34N4O. The Morgan fingerprint density at radius 3 is 2.17 bits per heavy atom. The molecule has 0 fully saturated rings. The molecule has 156 valence electrons. The van der Waals surface area contributed by atoms with Crippen LogP contribution < -0.4 is 10.9 Å². The summed E-state index contributed by atoms with van der Waals surface area (Å²) in [7, 11) is 3.79. The highest BCUT2D eigenvalue weighted by Gasteiger charge is 2.20. The minimum absolute atomic E-state index is 0.000720. The summed E-state index contributed by atoms with van der Waals surface area (Å²) in [6.45, 7) is 10.7. The Kier molecular flexibility index (Phi) is 6.15. The van der Waals surface area contributed by atoms with Gasteiger partial charge in [-0.1, -0.05) is 44.4 Å². The molecule has 1 aromatic carbocycles. The quantitative estimate of drug-likeness (QED) is 0.596. The van der Waals surface area contributed by atoms with Crippen molar-refractivity contribution in [2.45, 2.75) is 66.3 Å². The molecule has 0 spiro atoms. The molecule has 0 amide bonds. The van der Waals surface area contributed by atoms with Crippen molar-refractivity contribution in [1.29, 1.82) is 0 Å². The van der Waals surface area contributed by atoms with Crippen molar-refractivity contribution in [3.8, 4) is 11.1 Å². The van der Waals surface area contributed by atoms with E-state index >= 15 is 0 Å². The van der Waals surface area contributed by atoms with E-state index in [4.69, 9.17) is 4.98 Å². The van der Waals surface area contributed by atoms with E-state index in [1.54, 1.807) is 4.57 Å². The summed E-state index contributed by atoms with van der Waals surface area (Å²) >= 11 is 0. The Labute approximate surface area is 173 Å². The van der Waals surface area contributed by atoms with Crippen LogP contribution in [0.2, 0.25) is 0 Å². The molecule has 29 heavy (non-hydrogen) atoms. The van der Waals surface area contributed by atoms with Gasteiger partial charge in [0, 0.05) is 31.9 Å². The van der Waals surface area contributed by atoms with E-state index in [1.165, 1.54) is 16.7 Å². The van der Waals surface area contributed by atoms with Crippen LogP contribution in [0.25, 0.3) is 22.2 Å². The number of nitrogens with zero attached hydrogens (tertiary/aromatic N) is 3. The predicted octanol–water partition coefficient (Wildman–Crippen LogP) is 5.24. The average molecular weight is 395 g/mol. The highest BCUT2D eigenvalue weighted by Crippen LogP contribution is 2.33. The highest BCUT2D eigenvalue weighted by atomic mass is 16.1. The summed E-state index contributed by atoms with van der Waals surface area (Å²) < 4.78 is 3.65. The lowest BCUT2D eigenvalue weighted by Crippen LogP contribution is -2.28. The molecule has 3 rings (SSSR count). The topological polar surface area (TPSA) is 51.9 Å². The average Bonchev–Trinajstić information content (AvgIpc) is 2.95. The molecule has 0 saturated heterocycles. The maximum atomic E-state index is 13.4. The van der Waals surface area contributed by atoms with E-state index in [0.29, 0.717) is 17.4 Å². The molecular weight excluding hydrogens is 360 g/mol. The zero-order valence-corrected chi connectivity index (χ0v) is 18.9. The normalized spacial score (nSPS) is 11.6. The summed E-state index contributed by atoms with van der Waals surface area (Å²) in [6.07, 6.45) is 6.40. The second kappa shape index (κ2) is 8.44. The molecule has 0 bridgehead atoms. The van der Waals surface area contributed by atoms with Gasteiger partial charge in [0.05, 0.1) is 5.39 Å². The van der Waals surface area contributed by atoms with Gasteiger partial charge in [0.2, 0.25) is 5.95 Å². The lowest BCUT2D eigenvalue weighted by atomic mass is 9.94. The summed E-state index contributed by atoms with van der Waals surface area (Å²) in [5, 5.41) is 4.22. The lowest BCUT2D eigenvalue weighted by Gasteiger charge is -2.20. The van der Waals surface area contributed by atoms with E-state index in [2.05, 4.69) is 52.1 Å². The van der Waals surface area contributed by atoms with E-state index in [0.717, 1.165) is 42.5 Å². The maximum Gasteiger partial charge on any atom is 0.264 e. The standard InChI is InChI=1S/C24H34N4O/c1-8-10-18(11-9-2)25-24-26-22-21(23(29)28(24)7)19(14-27(22)6)20-16(4)12-15(3)13-17(20)5/h12-14,18H,8-11H2,1-7H3,(H,25,26). The first-order chi connectivity index (χ1) is 13.8. The van der Waals surface area contributed by atoms with E-state index in [-0.39, 0.29) is 5.56 Å². The van der Waals surface area contributed by atoms with Crippen LogP contribution in [-0.4, -0.2) is 20.2 Å². The number of benzene rings is 1. The van der Waals surface area contributed by atoms with Crippen molar-refractivity contribution in [3.05, 3.63) is 45.4 Å². The minimum atomic E-state index is -0.000720. The Morgan fingerprint density at radius 1 is 1.03 bits per heavy atom. The molecule has 3 aromatic rings. The number of fused-ring (bicyclic) bond motifs is 1. The molecule has 2 aromatic heterocycles. The molecule has 0 saturated carbocycles.